The van der Waals surface area contributed by atoms with Gasteiger partial charge in [0.15, 0.2) is 0 Å². The van der Waals surface area contributed by atoms with Crippen LogP contribution in [0.3, 0.4) is 0 Å². The minimum Gasteiger partial charge on any atom is -0.397 e. The highest BCUT2D eigenvalue weighted by atomic mass is 35.5. The molecule has 3 nitrogen and oxygen atoms in total. The van der Waals surface area contributed by atoms with Crippen LogP contribution in [-0.2, 0) is 0 Å². The Bertz CT molecular complexity index is 618. The number of nitriles is 1. The molecular weight excluding hydrogens is 257 g/mol. The van der Waals surface area contributed by atoms with E-state index >= 15 is 0 Å². The van der Waals surface area contributed by atoms with Crippen LogP contribution >= 0.6 is 23.2 Å². The monoisotopic (exact) mass is 263 g/mol. The highest BCUT2D eigenvalue weighted by molar-refractivity contribution is 6.36. The van der Waals surface area contributed by atoms with Crippen molar-refractivity contribution in [3.8, 4) is 17.3 Å². The van der Waals surface area contributed by atoms with Crippen molar-refractivity contribution >= 4 is 28.9 Å². The summed E-state index contributed by atoms with van der Waals surface area (Å²) in [5, 5.41) is 9.75. The summed E-state index contributed by atoms with van der Waals surface area (Å²) in [6, 6.07) is 8.62. The van der Waals surface area contributed by atoms with Crippen molar-refractivity contribution in [3.05, 3.63) is 46.1 Å². The summed E-state index contributed by atoms with van der Waals surface area (Å²) in [6.45, 7) is 0. The van der Waals surface area contributed by atoms with Gasteiger partial charge in [0, 0.05) is 16.8 Å². The van der Waals surface area contributed by atoms with E-state index in [1.54, 1.807) is 24.3 Å². The van der Waals surface area contributed by atoms with E-state index < -0.39 is 0 Å². The Labute approximate surface area is 108 Å². The van der Waals surface area contributed by atoms with Crippen molar-refractivity contribution in [1.82, 2.24) is 4.98 Å². The van der Waals surface area contributed by atoms with Gasteiger partial charge in [-0.1, -0.05) is 23.2 Å². The van der Waals surface area contributed by atoms with Gasteiger partial charge < -0.3 is 5.73 Å². The van der Waals surface area contributed by atoms with Crippen LogP contribution in [0.5, 0.6) is 0 Å². The first-order valence-corrected chi connectivity index (χ1v) is 5.48. The Morgan fingerprint density at radius 1 is 1.24 bits per heavy atom. The van der Waals surface area contributed by atoms with E-state index in [1.807, 2.05) is 6.07 Å². The zero-order chi connectivity index (χ0) is 12.4. The second-order valence-corrected chi connectivity index (χ2v) is 4.24. The predicted octanol–water partition coefficient (Wildman–Crippen LogP) is 3.51. The molecule has 1 heterocycles. The van der Waals surface area contributed by atoms with E-state index in [0.29, 0.717) is 32.6 Å². The molecule has 0 amide bonds. The average molecular weight is 264 g/mol. The number of aromatic nitrogens is 1. The van der Waals surface area contributed by atoms with E-state index in [4.69, 9.17) is 34.2 Å². The third-order valence-corrected chi connectivity index (χ3v) is 2.78. The van der Waals surface area contributed by atoms with Crippen LogP contribution in [0.2, 0.25) is 10.0 Å². The predicted molar refractivity (Wildman–Crippen MR) is 68.8 cm³/mol. The zero-order valence-electron chi connectivity index (χ0n) is 8.61. The van der Waals surface area contributed by atoms with Crippen molar-refractivity contribution in [3.63, 3.8) is 0 Å². The van der Waals surface area contributed by atoms with Crippen LogP contribution in [0.1, 0.15) is 5.56 Å². The van der Waals surface area contributed by atoms with E-state index in [9.17, 15) is 0 Å². The second kappa shape index (κ2) is 4.62. The lowest BCUT2D eigenvalue weighted by molar-refractivity contribution is 1.30. The SMILES string of the molecule is N#Cc1cnc(-c2ccc(Cl)cc2Cl)c(N)c1. The molecule has 0 atom stereocenters. The normalized spacial score (nSPS) is 9.94. The van der Waals surface area contributed by atoms with Crippen LogP contribution in [0.4, 0.5) is 5.69 Å². The van der Waals surface area contributed by atoms with Gasteiger partial charge in [0.1, 0.15) is 6.07 Å². The maximum absolute atomic E-state index is 8.73. The number of nitrogens with two attached hydrogens (primary N) is 1. The summed E-state index contributed by atoms with van der Waals surface area (Å²) in [7, 11) is 0. The molecule has 1 aromatic heterocycles. The van der Waals surface area contributed by atoms with Gasteiger partial charge >= 0.3 is 0 Å². The van der Waals surface area contributed by atoms with Crippen molar-refractivity contribution in [2.24, 2.45) is 0 Å². The van der Waals surface area contributed by atoms with Crippen molar-refractivity contribution in [2.75, 3.05) is 5.73 Å². The Morgan fingerprint density at radius 2 is 2.00 bits per heavy atom. The maximum Gasteiger partial charge on any atom is 0.101 e. The number of hydrogen-bond donors (Lipinski definition) is 1. The smallest absolute Gasteiger partial charge is 0.101 e. The molecule has 0 saturated carbocycles. The summed E-state index contributed by atoms with van der Waals surface area (Å²) in [5.41, 5.74) is 7.89. The number of hydrogen-bond acceptors (Lipinski definition) is 3. The van der Waals surface area contributed by atoms with Gasteiger partial charge in [-0.15, -0.1) is 0 Å². The fraction of sp³-hybridized carbons (Fsp3) is 0. The average Bonchev–Trinajstić information content (AvgIpc) is 2.30. The number of rotatable bonds is 1. The Kier molecular flexibility index (Phi) is 3.19. The molecule has 0 aliphatic heterocycles. The van der Waals surface area contributed by atoms with Gasteiger partial charge in [-0.3, -0.25) is 4.98 Å². The van der Waals surface area contributed by atoms with Crippen molar-refractivity contribution < 1.29 is 0 Å². The van der Waals surface area contributed by atoms with Crippen LogP contribution in [-0.4, -0.2) is 4.98 Å². The number of nitrogens with zero attached hydrogens (tertiary/aromatic N) is 2. The van der Waals surface area contributed by atoms with Crippen molar-refractivity contribution in [1.29, 1.82) is 5.26 Å². The number of nitrogen functional groups attached to an aromatic ring is 1. The first-order chi connectivity index (χ1) is 8.11. The molecule has 0 radical (unpaired) electrons. The van der Waals surface area contributed by atoms with Gasteiger partial charge in [0.2, 0.25) is 0 Å². The molecule has 0 aliphatic carbocycles. The molecule has 0 saturated heterocycles. The zero-order valence-corrected chi connectivity index (χ0v) is 10.1. The Balaban J connectivity index is 2.58. The lowest BCUT2D eigenvalue weighted by Crippen LogP contribution is -1.95. The molecule has 0 aliphatic rings. The Hall–Kier alpha value is -1.76. The summed E-state index contributed by atoms with van der Waals surface area (Å²) >= 11 is 11.9. The molecule has 0 unspecified atom stereocenters. The molecule has 1 aromatic carbocycles. The molecule has 0 spiro atoms. The third-order valence-electron chi connectivity index (χ3n) is 2.23. The van der Waals surface area contributed by atoms with Crippen LogP contribution < -0.4 is 5.73 Å². The molecule has 17 heavy (non-hydrogen) atoms. The van der Waals surface area contributed by atoms with Crippen LogP contribution in [0, 0.1) is 11.3 Å². The highest BCUT2D eigenvalue weighted by Crippen LogP contribution is 2.32. The van der Waals surface area contributed by atoms with Crippen molar-refractivity contribution in [2.45, 2.75) is 0 Å². The first kappa shape index (κ1) is 11.7. The molecular formula is C12H7Cl2N3. The quantitative estimate of drug-likeness (QED) is 0.857. The van der Waals surface area contributed by atoms with Gasteiger partial charge in [0.05, 0.1) is 22.0 Å². The third kappa shape index (κ3) is 2.33. The van der Waals surface area contributed by atoms with Gasteiger partial charge in [-0.25, -0.2) is 0 Å². The summed E-state index contributed by atoms with van der Waals surface area (Å²) in [5.74, 6) is 0. The second-order valence-electron chi connectivity index (χ2n) is 3.40. The lowest BCUT2D eigenvalue weighted by Gasteiger charge is -2.07. The van der Waals surface area contributed by atoms with Gasteiger partial charge in [0.25, 0.3) is 0 Å². The van der Waals surface area contributed by atoms with Crippen LogP contribution in [0.25, 0.3) is 11.3 Å². The minimum atomic E-state index is 0.410. The minimum absolute atomic E-state index is 0.410. The summed E-state index contributed by atoms with van der Waals surface area (Å²) in [6.07, 6.45) is 1.45. The highest BCUT2D eigenvalue weighted by Gasteiger charge is 2.09. The Morgan fingerprint density at radius 3 is 2.59 bits per heavy atom. The van der Waals surface area contributed by atoms with E-state index in [1.165, 1.54) is 6.20 Å². The topological polar surface area (TPSA) is 62.7 Å². The lowest BCUT2D eigenvalue weighted by atomic mass is 10.1. The summed E-state index contributed by atoms with van der Waals surface area (Å²) in [4.78, 5) is 4.13. The standard InChI is InChI=1S/C12H7Cl2N3/c13-8-1-2-9(10(14)4-8)12-11(16)3-7(5-15)6-17-12/h1-4,6H,16H2. The molecule has 2 rings (SSSR count). The number of pyridine rings is 1. The molecule has 84 valence electrons. The number of benzene rings is 1. The van der Waals surface area contributed by atoms with Crippen LogP contribution in [0.15, 0.2) is 30.5 Å². The van der Waals surface area contributed by atoms with Gasteiger partial charge in [-0.05, 0) is 24.3 Å². The number of halogens is 2. The molecule has 0 bridgehead atoms. The molecule has 5 heteroatoms. The van der Waals surface area contributed by atoms with E-state index in [2.05, 4.69) is 4.98 Å². The molecule has 0 fully saturated rings. The first-order valence-electron chi connectivity index (χ1n) is 4.73. The van der Waals surface area contributed by atoms with E-state index in [0.717, 1.165) is 0 Å². The maximum atomic E-state index is 8.73. The molecule has 2 N–H and O–H groups in total. The summed E-state index contributed by atoms with van der Waals surface area (Å²) < 4.78 is 0. The fourth-order valence-corrected chi connectivity index (χ4v) is 1.95. The largest absolute Gasteiger partial charge is 0.397 e. The fourth-order valence-electron chi connectivity index (χ4n) is 1.45. The number of anilines is 1. The van der Waals surface area contributed by atoms with Gasteiger partial charge in [-0.2, -0.15) is 5.26 Å². The van der Waals surface area contributed by atoms with E-state index in [-0.39, 0.29) is 0 Å². The molecule has 2 aromatic rings.